The van der Waals surface area contributed by atoms with Crippen molar-refractivity contribution in [1.29, 1.82) is 0 Å². The number of Topliss-reactive ketones (excluding diaryl/α,β-unsaturated/α-hetero) is 1. The smallest absolute Gasteiger partial charge is 0.172 e. The highest BCUT2D eigenvalue weighted by atomic mass is 35.5. The summed E-state index contributed by atoms with van der Waals surface area (Å²) in [6, 6.07) is 2.04. The van der Waals surface area contributed by atoms with Crippen LogP contribution >= 0.6 is 34.7 Å². The summed E-state index contributed by atoms with van der Waals surface area (Å²) in [6.07, 6.45) is 4.01. The normalized spacial score (nSPS) is 28.4. The van der Waals surface area contributed by atoms with Crippen molar-refractivity contribution in [3.8, 4) is 0 Å². The van der Waals surface area contributed by atoms with Gasteiger partial charge in [0.25, 0.3) is 0 Å². The number of allylic oxidation sites excluding steroid dienone is 1. The summed E-state index contributed by atoms with van der Waals surface area (Å²) < 4.78 is 0.791. The first kappa shape index (κ1) is 10.9. The van der Waals surface area contributed by atoms with Gasteiger partial charge in [-0.05, 0) is 31.9 Å². The summed E-state index contributed by atoms with van der Waals surface area (Å²) in [6.45, 7) is 2.07. The highest BCUT2D eigenvalue weighted by Crippen LogP contribution is 2.45. The molecule has 1 aliphatic carbocycles. The predicted molar refractivity (Wildman–Crippen MR) is 70.5 cm³/mol. The number of aryl methyl sites for hydroxylation is 2. The van der Waals surface area contributed by atoms with Crippen LogP contribution in [0.25, 0.3) is 0 Å². The van der Waals surface area contributed by atoms with Crippen molar-refractivity contribution in [3.05, 3.63) is 31.8 Å². The zero-order chi connectivity index (χ0) is 11.3. The maximum Gasteiger partial charge on any atom is 0.172 e. The lowest BCUT2D eigenvalue weighted by Gasteiger charge is -2.12. The van der Waals surface area contributed by atoms with Crippen molar-refractivity contribution in [2.75, 3.05) is 0 Å². The first-order chi connectivity index (χ1) is 7.65. The van der Waals surface area contributed by atoms with Crippen molar-refractivity contribution in [2.45, 2.75) is 25.0 Å². The van der Waals surface area contributed by atoms with E-state index in [4.69, 9.17) is 11.6 Å². The molecule has 0 amide bonds. The van der Waals surface area contributed by atoms with E-state index in [0.717, 1.165) is 22.8 Å². The largest absolute Gasteiger partial charge is 0.293 e. The van der Waals surface area contributed by atoms with E-state index < -0.39 is 0 Å². The van der Waals surface area contributed by atoms with E-state index in [2.05, 4.69) is 6.92 Å². The molecule has 0 radical (unpaired) electrons. The molecule has 1 aromatic rings. The highest BCUT2D eigenvalue weighted by molar-refractivity contribution is 8.05. The van der Waals surface area contributed by atoms with Gasteiger partial charge < -0.3 is 0 Å². The van der Waals surface area contributed by atoms with E-state index in [9.17, 15) is 4.79 Å². The summed E-state index contributed by atoms with van der Waals surface area (Å²) in [5.74, 6) is 0.276. The van der Waals surface area contributed by atoms with Crippen molar-refractivity contribution in [3.63, 3.8) is 0 Å². The van der Waals surface area contributed by atoms with E-state index in [1.807, 2.05) is 12.1 Å². The monoisotopic (exact) mass is 270 g/mol. The summed E-state index contributed by atoms with van der Waals surface area (Å²) in [4.78, 5) is 14.9. The van der Waals surface area contributed by atoms with Crippen LogP contribution in [0.1, 0.15) is 26.5 Å². The summed E-state index contributed by atoms with van der Waals surface area (Å²) in [5.41, 5.74) is 0.943. The first-order valence-corrected chi connectivity index (χ1v) is 7.40. The molecule has 0 aromatic carbocycles. The minimum absolute atomic E-state index is 0.00718. The maximum absolute atomic E-state index is 12.4. The van der Waals surface area contributed by atoms with Gasteiger partial charge >= 0.3 is 0 Å². The second kappa shape index (κ2) is 3.90. The number of fused-ring (bicyclic) bond motifs is 2. The molecule has 1 aliphatic heterocycles. The van der Waals surface area contributed by atoms with Crippen molar-refractivity contribution in [1.82, 2.24) is 0 Å². The van der Waals surface area contributed by atoms with Crippen molar-refractivity contribution >= 4 is 40.5 Å². The highest BCUT2D eigenvalue weighted by Gasteiger charge is 2.37. The van der Waals surface area contributed by atoms with Crippen LogP contribution in [0.15, 0.2) is 16.5 Å². The third-order valence-corrected chi connectivity index (χ3v) is 5.83. The van der Waals surface area contributed by atoms with Gasteiger partial charge in [0.1, 0.15) is 0 Å². The van der Waals surface area contributed by atoms with E-state index in [1.165, 1.54) is 9.75 Å². The molecule has 1 nitrogen and oxygen atoms in total. The van der Waals surface area contributed by atoms with E-state index in [-0.39, 0.29) is 11.7 Å². The van der Waals surface area contributed by atoms with Crippen LogP contribution in [0, 0.1) is 12.8 Å². The number of hydrogen-bond donors (Lipinski definition) is 0. The molecule has 3 rings (SSSR count). The van der Waals surface area contributed by atoms with Crippen LogP contribution in [-0.2, 0) is 6.42 Å². The Morgan fingerprint density at radius 3 is 3.12 bits per heavy atom. The fourth-order valence-electron chi connectivity index (χ4n) is 2.40. The van der Waals surface area contributed by atoms with E-state index in [0.29, 0.717) is 5.25 Å². The number of rotatable bonds is 0. The first-order valence-electron chi connectivity index (χ1n) is 5.32. The average molecular weight is 271 g/mol. The molecule has 4 heteroatoms. The molecule has 0 saturated heterocycles. The van der Waals surface area contributed by atoms with Crippen LogP contribution in [0.3, 0.4) is 0 Å². The second-order valence-electron chi connectivity index (χ2n) is 4.25. The Bertz CT molecular complexity index is 489. The zero-order valence-corrected chi connectivity index (χ0v) is 11.2. The summed E-state index contributed by atoms with van der Waals surface area (Å²) in [5, 5.41) is 0.361. The number of carbonyl (C=O) groups is 1. The van der Waals surface area contributed by atoms with Gasteiger partial charge in [0, 0.05) is 20.6 Å². The van der Waals surface area contributed by atoms with Crippen LogP contribution in [0.5, 0.6) is 0 Å². The molecule has 2 atom stereocenters. The number of halogens is 1. The molecule has 0 spiro atoms. The number of hydrogen-bond acceptors (Lipinski definition) is 3. The van der Waals surface area contributed by atoms with Gasteiger partial charge in [-0.1, -0.05) is 11.6 Å². The minimum atomic E-state index is 0.00718. The van der Waals surface area contributed by atoms with Crippen LogP contribution < -0.4 is 0 Å². The van der Waals surface area contributed by atoms with Gasteiger partial charge in [-0.2, -0.15) is 0 Å². The lowest BCUT2D eigenvalue weighted by molar-refractivity contribution is 0.0947. The Labute approximate surface area is 108 Å². The summed E-state index contributed by atoms with van der Waals surface area (Å²) in [7, 11) is 0. The second-order valence-corrected chi connectivity index (χ2v) is 7.50. The fraction of sp³-hybridized carbons (Fsp3) is 0.417. The fourth-order valence-corrected chi connectivity index (χ4v) is 5.03. The van der Waals surface area contributed by atoms with Crippen molar-refractivity contribution < 1.29 is 4.79 Å². The SMILES string of the molecule is Cc1cc2c(s1)CC[C@H]1SC(Cl)=C[C@@H]1C2=O. The Kier molecular flexibility index (Phi) is 2.65. The maximum atomic E-state index is 12.4. The van der Waals surface area contributed by atoms with Gasteiger partial charge in [-0.25, -0.2) is 0 Å². The molecule has 0 fully saturated rings. The number of carbonyl (C=O) groups excluding carboxylic acids is 1. The van der Waals surface area contributed by atoms with Gasteiger partial charge in [-0.15, -0.1) is 23.1 Å². The molecule has 0 saturated carbocycles. The van der Waals surface area contributed by atoms with Crippen LogP contribution in [-0.4, -0.2) is 11.0 Å². The Hall–Kier alpha value is -0.250. The number of ketones is 1. The Morgan fingerprint density at radius 1 is 1.50 bits per heavy atom. The molecule has 84 valence electrons. The minimum Gasteiger partial charge on any atom is -0.293 e. The van der Waals surface area contributed by atoms with E-state index >= 15 is 0 Å². The van der Waals surface area contributed by atoms with Gasteiger partial charge in [0.05, 0.1) is 10.3 Å². The average Bonchev–Trinajstić information content (AvgIpc) is 2.75. The molecule has 0 unspecified atom stereocenters. The lowest BCUT2D eigenvalue weighted by atomic mass is 9.97. The molecule has 16 heavy (non-hydrogen) atoms. The van der Waals surface area contributed by atoms with Gasteiger partial charge in [-0.3, -0.25) is 4.79 Å². The molecular weight excluding hydrogens is 260 g/mol. The molecule has 2 aliphatic rings. The predicted octanol–water partition coefficient (Wildman–Crippen LogP) is 4.00. The van der Waals surface area contributed by atoms with Crippen LogP contribution in [0.2, 0.25) is 0 Å². The number of thioether (sulfide) groups is 1. The standard InChI is InChI=1S/C12H11ClOS2/c1-6-4-7-9(15-6)2-3-10-8(12(7)14)5-11(13)16-10/h4-5,8,10H,2-3H2,1H3/t8-,10+/m0/s1. The Morgan fingerprint density at radius 2 is 2.31 bits per heavy atom. The zero-order valence-electron chi connectivity index (χ0n) is 8.83. The van der Waals surface area contributed by atoms with Gasteiger partial charge in [0.2, 0.25) is 0 Å². The van der Waals surface area contributed by atoms with Crippen LogP contribution in [0.4, 0.5) is 0 Å². The number of thiophene rings is 1. The summed E-state index contributed by atoms with van der Waals surface area (Å²) >= 11 is 9.43. The molecule has 2 heterocycles. The quantitative estimate of drug-likeness (QED) is 0.709. The van der Waals surface area contributed by atoms with Gasteiger partial charge in [0.15, 0.2) is 5.78 Å². The molecule has 1 aromatic heterocycles. The molecular formula is C12H11ClOS2. The Balaban J connectivity index is 2.04. The van der Waals surface area contributed by atoms with Crippen molar-refractivity contribution in [2.24, 2.45) is 5.92 Å². The molecule has 0 bridgehead atoms. The lowest BCUT2D eigenvalue weighted by Crippen LogP contribution is -2.19. The third-order valence-electron chi connectivity index (χ3n) is 3.13. The molecule has 0 N–H and O–H groups in total. The third kappa shape index (κ3) is 1.66. The van der Waals surface area contributed by atoms with E-state index in [1.54, 1.807) is 23.1 Å². The topological polar surface area (TPSA) is 17.1 Å².